The molecule has 3 aromatic carbocycles. The molecular formula is C32H32ClN3O5S. The van der Waals surface area contributed by atoms with Crippen LogP contribution < -0.4 is 19.5 Å². The van der Waals surface area contributed by atoms with Crippen molar-refractivity contribution < 1.29 is 22.7 Å². The van der Waals surface area contributed by atoms with E-state index in [0.29, 0.717) is 22.9 Å². The summed E-state index contributed by atoms with van der Waals surface area (Å²) < 4.78 is 39.1. The SMILES string of the molecule is COc1ccc([C@H](Cc2ccncc2)c2ccc(NC(=O)NS(=O)(=O)c3ccc(Cl)cc3)cc2)cc1OC1CCCC1. The van der Waals surface area contributed by atoms with Crippen molar-refractivity contribution in [2.24, 2.45) is 0 Å². The Hall–Kier alpha value is -4.08. The zero-order valence-electron chi connectivity index (χ0n) is 23.1. The van der Waals surface area contributed by atoms with Crippen molar-refractivity contribution >= 4 is 33.3 Å². The first-order chi connectivity index (χ1) is 20.3. The molecule has 1 heterocycles. The molecular weight excluding hydrogens is 574 g/mol. The second-order valence-corrected chi connectivity index (χ2v) is 12.3. The van der Waals surface area contributed by atoms with Crippen molar-refractivity contribution in [2.75, 3.05) is 12.4 Å². The maximum absolute atomic E-state index is 12.6. The van der Waals surface area contributed by atoms with Gasteiger partial charge < -0.3 is 14.8 Å². The summed E-state index contributed by atoms with van der Waals surface area (Å²) in [5.41, 5.74) is 3.65. The Bertz CT molecular complexity index is 1610. The van der Waals surface area contributed by atoms with Gasteiger partial charge in [0.15, 0.2) is 11.5 Å². The summed E-state index contributed by atoms with van der Waals surface area (Å²) in [6.07, 6.45) is 8.87. The third-order valence-corrected chi connectivity index (χ3v) is 8.90. The third kappa shape index (κ3) is 7.40. The van der Waals surface area contributed by atoms with E-state index >= 15 is 0 Å². The molecule has 2 N–H and O–H groups in total. The maximum Gasteiger partial charge on any atom is 0.333 e. The minimum Gasteiger partial charge on any atom is -0.493 e. The van der Waals surface area contributed by atoms with E-state index in [0.717, 1.165) is 35.3 Å². The van der Waals surface area contributed by atoms with Gasteiger partial charge in [-0.1, -0.05) is 29.8 Å². The van der Waals surface area contributed by atoms with Crippen LogP contribution in [-0.4, -0.2) is 32.6 Å². The zero-order chi connectivity index (χ0) is 29.5. The lowest BCUT2D eigenvalue weighted by atomic mass is 9.86. The molecule has 1 saturated carbocycles. The molecule has 2 amide bonds. The van der Waals surface area contributed by atoms with Gasteiger partial charge in [0.05, 0.1) is 18.1 Å². The number of sulfonamides is 1. The molecule has 4 aromatic rings. The highest BCUT2D eigenvalue weighted by Gasteiger charge is 2.22. The Balaban J connectivity index is 1.36. The van der Waals surface area contributed by atoms with E-state index < -0.39 is 16.1 Å². The fourth-order valence-corrected chi connectivity index (χ4v) is 6.15. The Labute approximate surface area is 251 Å². The quantitative estimate of drug-likeness (QED) is 0.203. The van der Waals surface area contributed by atoms with Gasteiger partial charge >= 0.3 is 6.03 Å². The van der Waals surface area contributed by atoms with Gasteiger partial charge in [0, 0.05) is 29.0 Å². The summed E-state index contributed by atoms with van der Waals surface area (Å²) in [6, 6.07) is 22.1. The number of rotatable bonds is 10. The number of ether oxygens (including phenoxy) is 2. The molecule has 42 heavy (non-hydrogen) atoms. The van der Waals surface area contributed by atoms with Crippen molar-refractivity contribution in [3.63, 3.8) is 0 Å². The highest BCUT2D eigenvalue weighted by molar-refractivity contribution is 7.90. The second-order valence-electron chi connectivity index (χ2n) is 10.2. The van der Waals surface area contributed by atoms with E-state index in [2.05, 4.69) is 16.4 Å². The smallest absolute Gasteiger partial charge is 0.333 e. The molecule has 0 radical (unpaired) electrons. The summed E-state index contributed by atoms with van der Waals surface area (Å²) in [4.78, 5) is 16.6. The number of nitrogens with one attached hydrogen (secondary N) is 2. The first-order valence-corrected chi connectivity index (χ1v) is 15.6. The molecule has 1 aliphatic rings. The highest BCUT2D eigenvalue weighted by Crippen LogP contribution is 2.37. The van der Waals surface area contributed by atoms with Gasteiger partial charge in [-0.05, 0) is 109 Å². The van der Waals surface area contributed by atoms with Gasteiger partial charge in [-0.25, -0.2) is 17.9 Å². The number of anilines is 1. The van der Waals surface area contributed by atoms with Crippen LogP contribution in [0.25, 0.3) is 0 Å². The molecule has 1 fully saturated rings. The number of methoxy groups -OCH3 is 1. The highest BCUT2D eigenvalue weighted by atomic mass is 35.5. The van der Waals surface area contributed by atoms with Gasteiger partial charge in [-0.3, -0.25) is 4.98 Å². The molecule has 0 aliphatic heterocycles. The predicted molar refractivity (Wildman–Crippen MR) is 163 cm³/mol. The average Bonchev–Trinajstić information content (AvgIpc) is 3.50. The lowest BCUT2D eigenvalue weighted by Crippen LogP contribution is -2.34. The molecule has 0 spiro atoms. The van der Waals surface area contributed by atoms with Crippen molar-refractivity contribution in [2.45, 2.75) is 49.0 Å². The number of hydrogen-bond donors (Lipinski definition) is 2. The summed E-state index contributed by atoms with van der Waals surface area (Å²) in [6.45, 7) is 0. The van der Waals surface area contributed by atoms with E-state index in [-0.39, 0.29) is 16.9 Å². The van der Waals surface area contributed by atoms with E-state index in [1.165, 1.54) is 37.1 Å². The molecule has 5 rings (SSSR count). The normalized spacial score (nSPS) is 14.2. The van der Waals surface area contributed by atoms with Crippen molar-refractivity contribution in [3.8, 4) is 11.5 Å². The maximum atomic E-state index is 12.6. The topological polar surface area (TPSA) is 107 Å². The summed E-state index contributed by atoms with van der Waals surface area (Å²) in [7, 11) is -2.41. The number of nitrogens with zero attached hydrogens (tertiary/aromatic N) is 1. The van der Waals surface area contributed by atoms with Crippen LogP contribution in [0.4, 0.5) is 10.5 Å². The van der Waals surface area contributed by atoms with Crippen LogP contribution in [0.3, 0.4) is 0 Å². The van der Waals surface area contributed by atoms with Crippen LogP contribution in [0.2, 0.25) is 5.02 Å². The number of pyridine rings is 1. The number of hydrogen-bond acceptors (Lipinski definition) is 6. The van der Waals surface area contributed by atoms with Crippen molar-refractivity contribution in [1.29, 1.82) is 0 Å². The van der Waals surface area contributed by atoms with Crippen molar-refractivity contribution in [3.05, 3.63) is 113 Å². The molecule has 1 aliphatic carbocycles. The standard InChI is InChI=1S/C32H32ClN3O5S/c1-40-30-15-8-24(21-31(30)41-27-4-2-3-5-27)29(20-22-16-18-34-19-17-22)23-6-11-26(12-7-23)35-32(37)36-42(38,39)28-13-9-25(33)10-14-28/h6-19,21,27,29H,2-5,20H2,1H3,(H2,35,36,37)/t29-/m1/s1. The van der Waals surface area contributed by atoms with Gasteiger partial charge in [-0.15, -0.1) is 0 Å². The number of carbonyl (C=O) groups excluding carboxylic acids is 1. The molecule has 0 unspecified atom stereocenters. The minimum atomic E-state index is -4.06. The van der Waals surface area contributed by atoms with E-state index in [1.54, 1.807) is 31.6 Å². The Kier molecular flexibility index (Phi) is 9.29. The van der Waals surface area contributed by atoms with Gasteiger partial charge in [-0.2, -0.15) is 0 Å². The lowest BCUT2D eigenvalue weighted by molar-refractivity contribution is 0.200. The number of halogens is 1. The van der Waals surface area contributed by atoms with Crippen LogP contribution >= 0.6 is 11.6 Å². The first kappa shape index (κ1) is 29.4. The molecule has 218 valence electrons. The number of amides is 2. The summed E-state index contributed by atoms with van der Waals surface area (Å²) in [5, 5.41) is 3.00. The molecule has 10 heteroatoms. The van der Waals surface area contributed by atoms with Crippen LogP contribution in [0, 0.1) is 0 Å². The number of urea groups is 1. The average molecular weight is 606 g/mol. The van der Waals surface area contributed by atoms with Gasteiger partial charge in [0.1, 0.15) is 0 Å². The Morgan fingerprint density at radius 2 is 1.60 bits per heavy atom. The molecule has 1 atom stereocenters. The van der Waals surface area contributed by atoms with Gasteiger partial charge in [0.2, 0.25) is 0 Å². The second kappa shape index (κ2) is 13.3. The van der Waals surface area contributed by atoms with Gasteiger partial charge in [0.25, 0.3) is 10.0 Å². The molecule has 0 bridgehead atoms. The van der Waals surface area contributed by atoms with E-state index in [1.807, 2.05) is 41.1 Å². The summed E-state index contributed by atoms with van der Waals surface area (Å²) >= 11 is 5.84. The zero-order valence-corrected chi connectivity index (χ0v) is 24.7. The number of benzene rings is 3. The fraction of sp³-hybridized carbons (Fsp3) is 0.250. The largest absolute Gasteiger partial charge is 0.493 e. The lowest BCUT2D eigenvalue weighted by Gasteiger charge is -2.22. The van der Waals surface area contributed by atoms with Crippen LogP contribution in [0.5, 0.6) is 11.5 Å². The van der Waals surface area contributed by atoms with Crippen LogP contribution in [-0.2, 0) is 16.4 Å². The fourth-order valence-electron chi connectivity index (χ4n) is 5.12. The molecule has 0 saturated heterocycles. The van der Waals surface area contributed by atoms with Crippen LogP contribution in [0.1, 0.15) is 48.3 Å². The third-order valence-electron chi connectivity index (χ3n) is 7.30. The Morgan fingerprint density at radius 3 is 2.26 bits per heavy atom. The number of aromatic nitrogens is 1. The van der Waals surface area contributed by atoms with Crippen LogP contribution in [0.15, 0.2) is 96.2 Å². The number of carbonyl (C=O) groups is 1. The molecule has 1 aromatic heterocycles. The minimum absolute atomic E-state index is 0.0302. The van der Waals surface area contributed by atoms with E-state index in [4.69, 9.17) is 21.1 Å². The Morgan fingerprint density at radius 1 is 0.929 bits per heavy atom. The monoisotopic (exact) mass is 605 g/mol. The van der Waals surface area contributed by atoms with E-state index in [9.17, 15) is 13.2 Å². The van der Waals surface area contributed by atoms with Crippen molar-refractivity contribution in [1.82, 2.24) is 9.71 Å². The predicted octanol–water partition coefficient (Wildman–Crippen LogP) is 6.95. The summed E-state index contributed by atoms with van der Waals surface area (Å²) in [5.74, 6) is 1.41. The molecule has 8 nitrogen and oxygen atoms in total. The first-order valence-electron chi connectivity index (χ1n) is 13.7.